The van der Waals surface area contributed by atoms with E-state index in [1.54, 1.807) is 18.3 Å². The molecular formula is C15H18N4O2S. The number of pyridine rings is 2. The molecule has 1 N–H and O–H groups in total. The van der Waals surface area contributed by atoms with Crippen LogP contribution in [0.3, 0.4) is 0 Å². The van der Waals surface area contributed by atoms with E-state index in [0.717, 1.165) is 18.8 Å². The van der Waals surface area contributed by atoms with Gasteiger partial charge in [-0.1, -0.05) is 0 Å². The summed E-state index contributed by atoms with van der Waals surface area (Å²) in [6, 6.07) is 6.68. The van der Waals surface area contributed by atoms with Gasteiger partial charge in [0.05, 0.1) is 11.9 Å². The summed E-state index contributed by atoms with van der Waals surface area (Å²) in [5.74, 6) is 0.310. The highest BCUT2D eigenvalue weighted by atomic mass is 32.2. The van der Waals surface area contributed by atoms with E-state index in [1.807, 2.05) is 6.07 Å². The van der Waals surface area contributed by atoms with Gasteiger partial charge in [0.2, 0.25) is 0 Å². The molecule has 6 nitrogen and oxygen atoms in total. The van der Waals surface area contributed by atoms with Gasteiger partial charge in [-0.2, -0.15) is 0 Å². The molecule has 0 spiro atoms. The number of anilines is 2. The van der Waals surface area contributed by atoms with Crippen LogP contribution >= 0.6 is 0 Å². The van der Waals surface area contributed by atoms with Crippen molar-refractivity contribution in [3.05, 3.63) is 42.9 Å². The van der Waals surface area contributed by atoms with E-state index in [9.17, 15) is 8.42 Å². The first kappa shape index (κ1) is 14.8. The number of hydrogen-bond donors (Lipinski definition) is 1. The van der Waals surface area contributed by atoms with Crippen LogP contribution in [0, 0.1) is 0 Å². The van der Waals surface area contributed by atoms with Gasteiger partial charge in [-0.25, -0.2) is 13.4 Å². The van der Waals surface area contributed by atoms with Crippen LogP contribution in [0.4, 0.5) is 11.5 Å². The molecule has 1 aliphatic rings. The second-order valence-electron chi connectivity index (χ2n) is 5.24. The van der Waals surface area contributed by atoms with Gasteiger partial charge in [0.1, 0.15) is 10.7 Å². The normalized spacial score (nSPS) is 15.5. The summed E-state index contributed by atoms with van der Waals surface area (Å²) in [5.41, 5.74) is 1.03. The van der Waals surface area contributed by atoms with Gasteiger partial charge in [-0.15, -0.1) is 0 Å². The third-order valence-corrected chi connectivity index (χ3v) is 4.99. The zero-order valence-corrected chi connectivity index (χ0v) is 13.0. The lowest BCUT2D eigenvalue weighted by Gasteiger charge is -2.28. The molecule has 1 saturated heterocycles. The minimum Gasteiger partial charge on any atom is -0.370 e. The van der Waals surface area contributed by atoms with Crippen molar-refractivity contribution in [2.75, 3.05) is 22.7 Å². The minimum absolute atomic E-state index is 0.122. The van der Waals surface area contributed by atoms with Crippen molar-refractivity contribution in [3.8, 4) is 0 Å². The largest absolute Gasteiger partial charge is 0.370 e. The smallest absolute Gasteiger partial charge is 0.264 e. The minimum atomic E-state index is -3.64. The third-order valence-electron chi connectivity index (χ3n) is 3.65. The number of nitrogens with one attached hydrogen (secondary N) is 1. The number of rotatable bonds is 4. The summed E-state index contributed by atoms with van der Waals surface area (Å²) in [7, 11) is -3.64. The zero-order chi connectivity index (χ0) is 15.4. The fourth-order valence-corrected chi connectivity index (χ4v) is 3.46. The molecule has 2 aromatic heterocycles. The fraction of sp³-hybridized carbons (Fsp3) is 0.333. The summed E-state index contributed by atoms with van der Waals surface area (Å²) < 4.78 is 26.8. The van der Waals surface area contributed by atoms with E-state index in [1.165, 1.54) is 37.7 Å². The molecule has 1 fully saturated rings. The van der Waals surface area contributed by atoms with E-state index in [4.69, 9.17) is 0 Å². The molecule has 0 aliphatic carbocycles. The van der Waals surface area contributed by atoms with Crippen LogP contribution in [0.5, 0.6) is 0 Å². The zero-order valence-electron chi connectivity index (χ0n) is 12.1. The highest BCUT2D eigenvalue weighted by Crippen LogP contribution is 2.21. The molecule has 0 bridgehead atoms. The van der Waals surface area contributed by atoms with Crippen LogP contribution in [0.25, 0.3) is 0 Å². The van der Waals surface area contributed by atoms with Crippen LogP contribution in [0.2, 0.25) is 0 Å². The Morgan fingerprint density at radius 2 is 1.86 bits per heavy atom. The Morgan fingerprint density at radius 3 is 2.50 bits per heavy atom. The topological polar surface area (TPSA) is 75.2 Å². The molecule has 116 valence electrons. The summed E-state index contributed by atoms with van der Waals surface area (Å²) >= 11 is 0. The van der Waals surface area contributed by atoms with Crippen LogP contribution in [-0.2, 0) is 10.0 Å². The van der Waals surface area contributed by atoms with E-state index >= 15 is 0 Å². The summed E-state index contributed by atoms with van der Waals surface area (Å²) in [5, 5.41) is 0. The van der Waals surface area contributed by atoms with Crippen molar-refractivity contribution in [3.63, 3.8) is 0 Å². The predicted molar refractivity (Wildman–Crippen MR) is 85.3 cm³/mol. The Hall–Kier alpha value is -2.15. The highest BCUT2D eigenvalue weighted by Gasteiger charge is 2.15. The van der Waals surface area contributed by atoms with Crippen molar-refractivity contribution >= 4 is 21.5 Å². The van der Waals surface area contributed by atoms with Gasteiger partial charge in [-0.05, 0) is 43.5 Å². The number of piperidine rings is 1. The second-order valence-corrected chi connectivity index (χ2v) is 6.93. The molecular weight excluding hydrogens is 300 g/mol. The van der Waals surface area contributed by atoms with E-state index < -0.39 is 10.0 Å². The maximum absolute atomic E-state index is 12.2. The lowest BCUT2D eigenvalue weighted by molar-refractivity contribution is 0.577. The molecule has 3 heterocycles. The van der Waals surface area contributed by atoms with Crippen LogP contribution in [0.15, 0.2) is 47.8 Å². The quantitative estimate of drug-likeness (QED) is 0.936. The van der Waals surface area contributed by atoms with Gasteiger partial charge in [-0.3, -0.25) is 9.71 Å². The molecule has 0 unspecified atom stereocenters. The van der Waals surface area contributed by atoms with Gasteiger partial charge in [0.15, 0.2) is 0 Å². The molecule has 0 amide bonds. The molecule has 0 aromatic carbocycles. The molecule has 22 heavy (non-hydrogen) atoms. The molecule has 0 radical (unpaired) electrons. The third kappa shape index (κ3) is 3.36. The standard InChI is InChI=1S/C15H18N4O2S/c20-22(21,14-5-4-8-16-12-14)18-15-7-6-13(11-17-15)19-9-2-1-3-10-19/h4-8,11-12H,1-3,9-10H2,(H,17,18). The molecule has 0 atom stereocenters. The van der Waals surface area contributed by atoms with Crippen molar-refractivity contribution < 1.29 is 8.42 Å². The Bertz CT molecular complexity index is 711. The van der Waals surface area contributed by atoms with Gasteiger partial charge in [0, 0.05) is 25.5 Å². The average molecular weight is 318 g/mol. The number of hydrogen-bond acceptors (Lipinski definition) is 5. The summed E-state index contributed by atoms with van der Waals surface area (Å²) in [4.78, 5) is 10.4. The Kier molecular flexibility index (Phi) is 4.24. The van der Waals surface area contributed by atoms with Crippen molar-refractivity contribution in [2.45, 2.75) is 24.2 Å². The number of nitrogens with zero attached hydrogens (tertiary/aromatic N) is 3. The first-order valence-electron chi connectivity index (χ1n) is 7.29. The van der Waals surface area contributed by atoms with Crippen molar-refractivity contribution in [1.82, 2.24) is 9.97 Å². The summed E-state index contributed by atoms with van der Waals surface area (Å²) in [6.45, 7) is 2.06. The Morgan fingerprint density at radius 1 is 1.05 bits per heavy atom. The van der Waals surface area contributed by atoms with Gasteiger partial charge < -0.3 is 4.90 Å². The predicted octanol–water partition coefficient (Wildman–Crippen LogP) is 2.27. The van der Waals surface area contributed by atoms with E-state index in [-0.39, 0.29) is 4.90 Å². The maximum Gasteiger partial charge on any atom is 0.264 e. The molecule has 2 aromatic rings. The van der Waals surface area contributed by atoms with Crippen LogP contribution < -0.4 is 9.62 Å². The first-order chi connectivity index (χ1) is 10.6. The first-order valence-corrected chi connectivity index (χ1v) is 8.77. The SMILES string of the molecule is O=S(=O)(Nc1ccc(N2CCCCC2)cn1)c1cccnc1. The molecule has 1 aliphatic heterocycles. The van der Waals surface area contributed by atoms with Crippen LogP contribution in [0.1, 0.15) is 19.3 Å². The van der Waals surface area contributed by atoms with Crippen molar-refractivity contribution in [2.24, 2.45) is 0 Å². The number of sulfonamides is 1. The Labute approximate surface area is 130 Å². The maximum atomic E-state index is 12.2. The van der Waals surface area contributed by atoms with Gasteiger partial charge in [0.25, 0.3) is 10.0 Å². The number of aromatic nitrogens is 2. The van der Waals surface area contributed by atoms with E-state index in [2.05, 4.69) is 19.6 Å². The second kappa shape index (κ2) is 6.31. The van der Waals surface area contributed by atoms with Crippen molar-refractivity contribution in [1.29, 1.82) is 0 Å². The van der Waals surface area contributed by atoms with Crippen LogP contribution in [-0.4, -0.2) is 31.5 Å². The fourth-order valence-electron chi connectivity index (χ4n) is 2.49. The Balaban J connectivity index is 1.73. The highest BCUT2D eigenvalue weighted by molar-refractivity contribution is 7.92. The lowest BCUT2D eigenvalue weighted by atomic mass is 10.1. The van der Waals surface area contributed by atoms with E-state index in [0.29, 0.717) is 5.82 Å². The summed E-state index contributed by atoms with van der Waals surface area (Å²) in [6.07, 6.45) is 8.21. The average Bonchev–Trinajstić information content (AvgIpc) is 2.57. The monoisotopic (exact) mass is 318 g/mol. The van der Waals surface area contributed by atoms with Gasteiger partial charge >= 0.3 is 0 Å². The molecule has 7 heteroatoms. The molecule has 3 rings (SSSR count). The lowest BCUT2D eigenvalue weighted by Crippen LogP contribution is -2.29. The molecule has 0 saturated carbocycles.